The van der Waals surface area contributed by atoms with Crippen molar-refractivity contribution >= 4 is 31.9 Å². The van der Waals surface area contributed by atoms with Crippen molar-refractivity contribution in [1.29, 1.82) is 0 Å². The quantitative estimate of drug-likeness (QED) is 0.765. The highest BCUT2D eigenvalue weighted by molar-refractivity contribution is 9.11. The third-order valence-corrected chi connectivity index (χ3v) is 3.41. The first-order chi connectivity index (χ1) is 8.29. The summed E-state index contributed by atoms with van der Waals surface area (Å²) in [5.41, 5.74) is 6.74. The Bertz CT molecular complexity index is 398. The molecule has 0 fully saturated rings. The average molecular weight is 391 g/mol. The fourth-order valence-corrected chi connectivity index (χ4v) is 2.27. The van der Waals surface area contributed by atoms with Crippen LogP contribution in [0.3, 0.4) is 0 Å². The highest BCUT2D eigenvalue weighted by atomic mass is 79.9. The van der Waals surface area contributed by atoms with E-state index in [4.69, 9.17) is 5.73 Å². The second-order valence-corrected chi connectivity index (χ2v) is 5.50. The molecule has 1 unspecified atom stereocenters. The number of alkyl halides is 3. The van der Waals surface area contributed by atoms with Gasteiger partial charge in [-0.2, -0.15) is 13.2 Å². The Kier molecular flexibility index (Phi) is 6.10. The first-order valence-electron chi connectivity index (χ1n) is 5.14. The van der Waals surface area contributed by atoms with Crippen molar-refractivity contribution < 1.29 is 17.9 Å². The second-order valence-electron chi connectivity index (χ2n) is 3.73. The molecule has 0 saturated carbocycles. The fourth-order valence-electron chi connectivity index (χ4n) is 1.35. The molecule has 0 amide bonds. The molecule has 2 N–H and O–H groups in total. The molecule has 1 atom stereocenters. The van der Waals surface area contributed by atoms with E-state index < -0.39 is 12.8 Å². The molecule has 1 aromatic rings. The van der Waals surface area contributed by atoms with Gasteiger partial charge in [-0.25, -0.2) is 0 Å². The van der Waals surface area contributed by atoms with Crippen LogP contribution < -0.4 is 5.73 Å². The molecule has 1 rings (SSSR count). The highest BCUT2D eigenvalue weighted by Crippen LogP contribution is 2.27. The summed E-state index contributed by atoms with van der Waals surface area (Å²) >= 11 is 6.67. The predicted octanol–water partition coefficient (Wildman–Crippen LogP) is 4.18. The number of ether oxygens (including phenoxy) is 1. The zero-order valence-corrected chi connectivity index (χ0v) is 12.5. The van der Waals surface area contributed by atoms with E-state index in [9.17, 15) is 13.2 Å². The fraction of sp³-hybridized carbons (Fsp3) is 0.455. The minimum atomic E-state index is -4.29. The third kappa shape index (κ3) is 5.69. The maximum absolute atomic E-state index is 11.9. The summed E-state index contributed by atoms with van der Waals surface area (Å²) in [6, 6.07) is 5.14. The van der Waals surface area contributed by atoms with Gasteiger partial charge in [0.05, 0.1) is 0 Å². The van der Waals surface area contributed by atoms with E-state index in [1.807, 2.05) is 18.2 Å². The van der Waals surface area contributed by atoms with Crippen LogP contribution >= 0.6 is 31.9 Å². The van der Waals surface area contributed by atoms with E-state index in [0.717, 1.165) is 14.5 Å². The van der Waals surface area contributed by atoms with Crippen molar-refractivity contribution in [3.8, 4) is 0 Å². The molecule has 1 aromatic carbocycles. The van der Waals surface area contributed by atoms with Crippen LogP contribution in [0.4, 0.5) is 13.2 Å². The van der Waals surface area contributed by atoms with E-state index in [2.05, 4.69) is 36.6 Å². The Hall–Kier alpha value is -0.110. The molecule has 0 saturated heterocycles. The molecule has 0 spiro atoms. The van der Waals surface area contributed by atoms with Crippen molar-refractivity contribution in [3.63, 3.8) is 0 Å². The topological polar surface area (TPSA) is 35.2 Å². The lowest BCUT2D eigenvalue weighted by molar-refractivity contribution is -0.174. The van der Waals surface area contributed by atoms with Crippen LogP contribution in [0.15, 0.2) is 27.1 Å². The smallest absolute Gasteiger partial charge is 0.372 e. The van der Waals surface area contributed by atoms with Crippen LogP contribution in [-0.2, 0) is 4.74 Å². The number of hydrogen-bond acceptors (Lipinski definition) is 2. The van der Waals surface area contributed by atoms with Crippen molar-refractivity contribution in [3.05, 3.63) is 32.7 Å². The summed E-state index contributed by atoms with van der Waals surface area (Å²) in [6.07, 6.45) is -3.97. The molecule has 7 heteroatoms. The third-order valence-electron chi connectivity index (χ3n) is 2.20. The maximum atomic E-state index is 11.9. The monoisotopic (exact) mass is 389 g/mol. The number of nitrogens with two attached hydrogens (primary N) is 1. The molecule has 102 valence electrons. The van der Waals surface area contributed by atoms with Crippen LogP contribution in [0.2, 0.25) is 0 Å². The summed E-state index contributed by atoms with van der Waals surface area (Å²) in [7, 11) is 0. The standard InChI is InChI=1S/C11H12Br2F3NO/c12-7-1-2-9(13)8(5-7)10(17)3-4-18-6-11(14,15)16/h1-2,5,10H,3-4,6,17H2. The number of rotatable bonds is 5. The zero-order valence-electron chi connectivity index (χ0n) is 9.31. The molecule has 0 aliphatic heterocycles. The molecular weight excluding hydrogens is 379 g/mol. The first-order valence-corrected chi connectivity index (χ1v) is 6.73. The average Bonchev–Trinajstić information content (AvgIpc) is 2.26. The highest BCUT2D eigenvalue weighted by Gasteiger charge is 2.27. The van der Waals surface area contributed by atoms with Crippen LogP contribution in [-0.4, -0.2) is 19.4 Å². The molecule has 0 radical (unpaired) electrons. The lowest BCUT2D eigenvalue weighted by Crippen LogP contribution is -2.20. The summed E-state index contributed by atoms with van der Waals surface area (Å²) in [5, 5.41) is 0. The molecule has 0 aliphatic carbocycles. The van der Waals surface area contributed by atoms with Crippen LogP contribution in [0.5, 0.6) is 0 Å². The lowest BCUT2D eigenvalue weighted by atomic mass is 10.1. The molecule has 2 nitrogen and oxygen atoms in total. The van der Waals surface area contributed by atoms with Gasteiger partial charge in [-0.1, -0.05) is 31.9 Å². The van der Waals surface area contributed by atoms with Gasteiger partial charge in [-0.3, -0.25) is 0 Å². The van der Waals surface area contributed by atoms with Gasteiger partial charge in [0, 0.05) is 21.6 Å². The summed E-state index contributed by atoms with van der Waals surface area (Å²) in [5.74, 6) is 0. The Balaban J connectivity index is 2.45. The SMILES string of the molecule is NC(CCOCC(F)(F)F)c1cc(Br)ccc1Br. The Labute approximate surface area is 120 Å². The van der Waals surface area contributed by atoms with Crippen molar-refractivity contribution in [2.75, 3.05) is 13.2 Å². The normalized spacial score (nSPS) is 13.7. The summed E-state index contributed by atoms with van der Waals surface area (Å²) in [6.45, 7) is -1.26. The van der Waals surface area contributed by atoms with Gasteiger partial charge in [0.1, 0.15) is 6.61 Å². The van der Waals surface area contributed by atoms with E-state index in [1.165, 1.54) is 0 Å². The predicted molar refractivity (Wildman–Crippen MR) is 70.3 cm³/mol. The molecular formula is C11H12Br2F3NO. The van der Waals surface area contributed by atoms with Crippen LogP contribution in [0, 0.1) is 0 Å². The first kappa shape index (κ1) is 15.9. The van der Waals surface area contributed by atoms with Gasteiger partial charge < -0.3 is 10.5 Å². The minimum absolute atomic E-state index is 0.0281. The molecule has 18 heavy (non-hydrogen) atoms. The van der Waals surface area contributed by atoms with Gasteiger partial charge >= 0.3 is 6.18 Å². The molecule has 0 bridgehead atoms. The van der Waals surface area contributed by atoms with Crippen molar-refractivity contribution in [2.45, 2.75) is 18.6 Å². The van der Waals surface area contributed by atoms with E-state index in [0.29, 0.717) is 6.42 Å². The van der Waals surface area contributed by atoms with Gasteiger partial charge in [0.15, 0.2) is 0 Å². The summed E-state index contributed by atoms with van der Waals surface area (Å²) in [4.78, 5) is 0. The van der Waals surface area contributed by atoms with Gasteiger partial charge in [-0.15, -0.1) is 0 Å². The summed E-state index contributed by atoms with van der Waals surface area (Å²) < 4.78 is 41.8. The number of hydrogen-bond donors (Lipinski definition) is 1. The van der Waals surface area contributed by atoms with Crippen molar-refractivity contribution in [1.82, 2.24) is 0 Å². The van der Waals surface area contributed by atoms with Gasteiger partial charge in [0.2, 0.25) is 0 Å². The number of benzene rings is 1. The van der Waals surface area contributed by atoms with Gasteiger partial charge in [0.25, 0.3) is 0 Å². The van der Waals surface area contributed by atoms with E-state index >= 15 is 0 Å². The Morgan fingerprint density at radius 1 is 1.28 bits per heavy atom. The molecule has 0 aliphatic rings. The zero-order chi connectivity index (χ0) is 13.8. The molecule has 0 aromatic heterocycles. The van der Waals surface area contributed by atoms with E-state index in [-0.39, 0.29) is 12.6 Å². The van der Waals surface area contributed by atoms with E-state index in [1.54, 1.807) is 0 Å². The maximum Gasteiger partial charge on any atom is 0.411 e. The van der Waals surface area contributed by atoms with Crippen LogP contribution in [0.1, 0.15) is 18.0 Å². The molecule has 0 heterocycles. The van der Waals surface area contributed by atoms with Crippen molar-refractivity contribution in [2.24, 2.45) is 5.73 Å². The number of halogens is 5. The Morgan fingerprint density at radius 2 is 1.94 bits per heavy atom. The second kappa shape index (κ2) is 6.88. The Morgan fingerprint density at radius 3 is 2.56 bits per heavy atom. The largest absolute Gasteiger partial charge is 0.411 e. The minimum Gasteiger partial charge on any atom is -0.372 e. The lowest BCUT2D eigenvalue weighted by Gasteiger charge is -2.15. The van der Waals surface area contributed by atoms with Crippen LogP contribution in [0.25, 0.3) is 0 Å². The van der Waals surface area contributed by atoms with Gasteiger partial charge in [-0.05, 0) is 30.2 Å².